The standard InChI is InChI=1S/C18H37N3/c1-14-16(19)9-8-15(17(14,2)3)12-21(6)13-18(20(4)5)10-7-11-18/h14-16H,7-13,19H2,1-6H3. The summed E-state index contributed by atoms with van der Waals surface area (Å²) >= 11 is 0. The molecule has 0 heterocycles. The molecule has 0 radical (unpaired) electrons. The van der Waals surface area contributed by atoms with Gasteiger partial charge in [0.1, 0.15) is 0 Å². The van der Waals surface area contributed by atoms with Gasteiger partial charge in [0.2, 0.25) is 0 Å². The van der Waals surface area contributed by atoms with E-state index in [1.807, 2.05) is 0 Å². The van der Waals surface area contributed by atoms with Crippen LogP contribution in [0.15, 0.2) is 0 Å². The monoisotopic (exact) mass is 295 g/mol. The highest BCUT2D eigenvalue weighted by Gasteiger charge is 2.44. The van der Waals surface area contributed by atoms with Gasteiger partial charge in [0.15, 0.2) is 0 Å². The molecule has 0 bridgehead atoms. The van der Waals surface area contributed by atoms with Crippen LogP contribution in [0.2, 0.25) is 0 Å². The second-order valence-corrected chi connectivity index (χ2v) is 8.72. The van der Waals surface area contributed by atoms with Crippen LogP contribution in [-0.2, 0) is 0 Å². The first-order valence-corrected chi connectivity index (χ1v) is 8.80. The van der Waals surface area contributed by atoms with Gasteiger partial charge in [0.25, 0.3) is 0 Å². The van der Waals surface area contributed by atoms with E-state index in [1.54, 1.807) is 0 Å². The van der Waals surface area contributed by atoms with Crippen molar-refractivity contribution >= 4 is 0 Å². The lowest BCUT2D eigenvalue weighted by Crippen LogP contribution is -2.58. The fraction of sp³-hybridized carbons (Fsp3) is 1.00. The summed E-state index contributed by atoms with van der Waals surface area (Å²) in [6.07, 6.45) is 6.60. The molecule has 0 amide bonds. The van der Waals surface area contributed by atoms with E-state index in [1.165, 1.54) is 45.2 Å². The molecular weight excluding hydrogens is 258 g/mol. The Kier molecular flexibility index (Phi) is 5.07. The molecule has 2 fully saturated rings. The first kappa shape index (κ1) is 17.2. The SMILES string of the molecule is CC1C(N)CCC(CN(C)CC2(N(C)C)CCC2)C1(C)C. The van der Waals surface area contributed by atoms with E-state index in [-0.39, 0.29) is 0 Å². The summed E-state index contributed by atoms with van der Waals surface area (Å²) in [7, 11) is 6.82. The fourth-order valence-corrected chi connectivity index (χ4v) is 4.54. The number of likely N-dealkylation sites (N-methyl/N-ethyl adjacent to an activating group) is 2. The maximum Gasteiger partial charge on any atom is 0.0330 e. The van der Waals surface area contributed by atoms with Crippen molar-refractivity contribution in [2.75, 3.05) is 34.2 Å². The van der Waals surface area contributed by atoms with E-state index >= 15 is 0 Å². The third kappa shape index (κ3) is 3.30. The molecule has 0 saturated heterocycles. The third-order valence-electron chi connectivity index (χ3n) is 7.05. The van der Waals surface area contributed by atoms with Crippen LogP contribution < -0.4 is 5.73 Å². The minimum Gasteiger partial charge on any atom is -0.327 e. The first-order chi connectivity index (χ1) is 9.69. The van der Waals surface area contributed by atoms with Crippen LogP contribution in [-0.4, -0.2) is 55.6 Å². The molecule has 0 aliphatic heterocycles. The Balaban J connectivity index is 1.94. The summed E-state index contributed by atoms with van der Waals surface area (Å²) in [6.45, 7) is 9.65. The normalized spacial score (nSPS) is 35.0. The van der Waals surface area contributed by atoms with Gasteiger partial charge in [0.05, 0.1) is 0 Å². The fourth-order valence-electron chi connectivity index (χ4n) is 4.54. The molecule has 0 aromatic heterocycles. The van der Waals surface area contributed by atoms with Crippen molar-refractivity contribution in [1.82, 2.24) is 9.80 Å². The van der Waals surface area contributed by atoms with Crippen LogP contribution in [0.25, 0.3) is 0 Å². The minimum atomic E-state index is 0.358. The van der Waals surface area contributed by atoms with Gasteiger partial charge in [-0.15, -0.1) is 0 Å². The van der Waals surface area contributed by atoms with E-state index in [4.69, 9.17) is 5.73 Å². The van der Waals surface area contributed by atoms with E-state index in [9.17, 15) is 0 Å². The van der Waals surface area contributed by atoms with Crippen LogP contribution in [0.1, 0.15) is 52.9 Å². The van der Waals surface area contributed by atoms with Gasteiger partial charge < -0.3 is 15.5 Å². The number of hydrogen-bond acceptors (Lipinski definition) is 3. The highest BCUT2D eigenvalue weighted by Crippen LogP contribution is 2.45. The molecule has 3 atom stereocenters. The zero-order chi connectivity index (χ0) is 15.8. The highest BCUT2D eigenvalue weighted by molar-refractivity contribution is 4.99. The lowest BCUT2D eigenvalue weighted by molar-refractivity contribution is -0.00365. The molecular formula is C18H37N3. The molecule has 21 heavy (non-hydrogen) atoms. The van der Waals surface area contributed by atoms with Gasteiger partial charge >= 0.3 is 0 Å². The number of rotatable bonds is 5. The lowest BCUT2D eigenvalue weighted by atomic mass is 9.61. The predicted molar refractivity (Wildman–Crippen MR) is 91.4 cm³/mol. The summed E-state index contributed by atoms with van der Waals surface area (Å²) in [5, 5.41) is 0. The number of nitrogens with zero attached hydrogens (tertiary/aromatic N) is 2. The van der Waals surface area contributed by atoms with E-state index < -0.39 is 0 Å². The first-order valence-electron chi connectivity index (χ1n) is 8.80. The topological polar surface area (TPSA) is 32.5 Å². The van der Waals surface area contributed by atoms with Gasteiger partial charge in [0, 0.05) is 24.7 Å². The average molecular weight is 296 g/mol. The molecule has 3 unspecified atom stereocenters. The van der Waals surface area contributed by atoms with Crippen molar-refractivity contribution in [3.63, 3.8) is 0 Å². The van der Waals surface area contributed by atoms with Crippen LogP contribution in [0, 0.1) is 17.3 Å². The maximum atomic E-state index is 6.30. The Morgan fingerprint density at radius 1 is 1.10 bits per heavy atom. The van der Waals surface area contributed by atoms with Crippen molar-refractivity contribution in [1.29, 1.82) is 0 Å². The Morgan fingerprint density at radius 2 is 1.71 bits per heavy atom. The average Bonchev–Trinajstić information content (AvgIpc) is 2.35. The zero-order valence-electron chi connectivity index (χ0n) is 15.2. The van der Waals surface area contributed by atoms with Crippen LogP contribution >= 0.6 is 0 Å². The molecule has 3 nitrogen and oxygen atoms in total. The molecule has 0 aromatic carbocycles. The van der Waals surface area contributed by atoms with Gasteiger partial charge in [-0.2, -0.15) is 0 Å². The third-order valence-corrected chi connectivity index (χ3v) is 7.05. The molecule has 124 valence electrons. The molecule has 2 N–H and O–H groups in total. The molecule has 2 saturated carbocycles. The summed E-state index contributed by atoms with van der Waals surface area (Å²) < 4.78 is 0. The van der Waals surface area contributed by atoms with Crippen molar-refractivity contribution in [2.24, 2.45) is 23.0 Å². The smallest absolute Gasteiger partial charge is 0.0330 e. The van der Waals surface area contributed by atoms with E-state index in [2.05, 4.69) is 51.7 Å². The Morgan fingerprint density at radius 3 is 2.19 bits per heavy atom. The molecule has 2 aliphatic carbocycles. The van der Waals surface area contributed by atoms with E-state index in [0.717, 1.165) is 5.92 Å². The summed E-state index contributed by atoms with van der Waals surface area (Å²) in [6, 6.07) is 0.390. The molecule has 0 aromatic rings. The summed E-state index contributed by atoms with van der Waals surface area (Å²) in [4.78, 5) is 5.05. The molecule has 3 heteroatoms. The highest BCUT2D eigenvalue weighted by atomic mass is 15.2. The van der Waals surface area contributed by atoms with Crippen LogP contribution in [0.5, 0.6) is 0 Å². The summed E-state index contributed by atoms with van der Waals surface area (Å²) in [5.41, 5.74) is 7.10. The van der Waals surface area contributed by atoms with Gasteiger partial charge in [-0.1, -0.05) is 20.8 Å². The van der Waals surface area contributed by atoms with Crippen molar-refractivity contribution < 1.29 is 0 Å². The Hall–Kier alpha value is -0.120. The van der Waals surface area contributed by atoms with Crippen molar-refractivity contribution in [3.05, 3.63) is 0 Å². The Bertz CT molecular complexity index is 346. The van der Waals surface area contributed by atoms with Gasteiger partial charge in [-0.3, -0.25) is 0 Å². The minimum absolute atomic E-state index is 0.358. The second kappa shape index (κ2) is 6.17. The number of nitrogens with two attached hydrogens (primary N) is 1. The predicted octanol–water partition coefficient (Wildman–Crippen LogP) is 2.80. The van der Waals surface area contributed by atoms with Crippen molar-refractivity contribution in [2.45, 2.75) is 64.5 Å². The molecule has 2 rings (SSSR count). The van der Waals surface area contributed by atoms with Crippen molar-refractivity contribution in [3.8, 4) is 0 Å². The second-order valence-electron chi connectivity index (χ2n) is 8.72. The molecule has 0 spiro atoms. The zero-order valence-corrected chi connectivity index (χ0v) is 15.2. The quantitative estimate of drug-likeness (QED) is 0.846. The molecule has 2 aliphatic rings. The van der Waals surface area contributed by atoms with Gasteiger partial charge in [-0.05, 0) is 70.5 Å². The number of hydrogen-bond donors (Lipinski definition) is 1. The van der Waals surface area contributed by atoms with Gasteiger partial charge in [-0.25, -0.2) is 0 Å². The maximum absolute atomic E-state index is 6.30. The largest absolute Gasteiger partial charge is 0.327 e. The Labute approximate surface area is 132 Å². The lowest BCUT2D eigenvalue weighted by Gasteiger charge is -2.52. The summed E-state index contributed by atoms with van der Waals surface area (Å²) in [5.74, 6) is 1.40. The van der Waals surface area contributed by atoms with Crippen LogP contribution in [0.4, 0.5) is 0 Å². The van der Waals surface area contributed by atoms with Crippen LogP contribution in [0.3, 0.4) is 0 Å². The van der Waals surface area contributed by atoms with E-state index in [0.29, 0.717) is 22.9 Å².